The van der Waals surface area contributed by atoms with Gasteiger partial charge in [-0.1, -0.05) is 29.0 Å². The fourth-order valence-electron chi connectivity index (χ4n) is 3.21. The molecule has 1 saturated heterocycles. The number of carbonyl (C=O) groups excluding carboxylic acids is 1. The summed E-state index contributed by atoms with van der Waals surface area (Å²) < 4.78 is 1.04. The number of nitrogens with one attached hydrogen (secondary N) is 1. The summed E-state index contributed by atoms with van der Waals surface area (Å²) in [5.74, 6) is -0.134. The van der Waals surface area contributed by atoms with Crippen LogP contribution in [0.1, 0.15) is 35.2 Å². The molecule has 4 nitrogen and oxygen atoms in total. The van der Waals surface area contributed by atoms with Crippen LogP contribution in [0.4, 0.5) is 10.8 Å². The van der Waals surface area contributed by atoms with Crippen molar-refractivity contribution in [3.8, 4) is 0 Å². The molecule has 134 valence electrons. The van der Waals surface area contributed by atoms with Crippen molar-refractivity contribution in [3.05, 3.63) is 52.5 Å². The Morgan fingerprint density at radius 3 is 2.81 bits per heavy atom. The van der Waals surface area contributed by atoms with E-state index >= 15 is 0 Å². The van der Waals surface area contributed by atoms with E-state index in [1.165, 1.54) is 19.3 Å². The first-order chi connectivity index (χ1) is 12.6. The lowest BCUT2D eigenvalue weighted by Gasteiger charge is -2.25. The minimum absolute atomic E-state index is 0.134. The number of thiazole rings is 1. The minimum Gasteiger partial charge on any atom is -0.348 e. The summed E-state index contributed by atoms with van der Waals surface area (Å²) in [5, 5.41) is 4.66. The van der Waals surface area contributed by atoms with Crippen LogP contribution in [-0.2, 0) is 0 Å². The highest BCUT2D eigenvalue weighted by molar-refractivity contribution is 7.22. The Labute approximate surface area is 161 Å². The molecule has 26 heavy (non-hydrogen) atoms. The van der Waals surface area contributed by atoms with Gasteiger partial charge in [0.1, 0.15) is 0 Å². The highest BCUT2D eigenvalue weighted by Gasteiger charge is 2.16. The normalized spacial score (nSPS) is 14.6. The Balaban J connectivity index is 1.58. The first kappa shape index (κ1) is 17.3. The van der Waals surface area contributed by atoms with Crippen LogP contribution < -0.4 is 10.2 Å². The highest BCUT2D eigenvalue weighted by atomic mass is 35.5. The molecule has 2 heterocycles. The van der Waals surface area contributed by atoms with E-state index in [-0.39, 0.29) is 5.91 Å². The molecule has 4 rings (SSSR count). The van der Waals surface area contributed by atoms with Gasteiger partial charge in [0.05, 0.1) is 10.2 Å². The van der Waals surface area contributed by atoms with E-state index in [0.29, 0.717) is 10.6 Å². The molecule has 1 amide bonds. The van der Waals surface area contributed by atoms with Crippen LogP contribution >= 0.6 is 22.9 Å². The third-order valence-electron chi connectivity index (χ3n) is 4.78. The summed E-state index contributed by atoms with van der Waals surface area (Å²) in [6.07, 6.45) is 3.75. The third-order valence-corrected chi connectivity index (χ3v) is 6.27. The molecular weight excluding hydrogens is 366 g/mol. The molecule has 0 radical (unpaired) electrons. The standard InChI is InChI=1S/C20H20ClN3OS/c1-13-15(21)6-5-7-16(13)22-19(25)14-8-9-17-18(12-14)26-20(23-17)24-10-3-2-4-11-24/h5-9,12H,2-4,10-11H2,1H3,(H,22,25). The number of amides is 1. The number of nitrogens with zero attached hydrogens (tertiary/aromatic N) is 2. The van der Waals surface area contributed by atoms with Gasteiger partial charge in [-0.15, -0.1) is 0 Å². The van der Waals surface area contributed by atoms with Crippen LogP contribution in [0.15, 0.2) is 36.4 Å². The average Bonchev–Trinajstić information content (AvgIpc) is 3.09. The monoisotopic (exact) mass is 385 g/mol. The fourth-order valence-corrected chi connectivity index (χ4v) is 4.44. The predicted octanol–water partition coefficient (Wildman–Crippen LogP) is 5.50. The number of rotatable bonds is 3. The third kappa shape index (κ3) is 3.41. The molecule has 2 aromatic carbocycles. The topological polar surface area (TPSA) is 45.2 Å². The minimum atomic E-state index is -0.134. The summed E-state index contributed by atoms with van der Waals surface area (Å²) in [6, 6.07) is 11.2. The van der Waals surface area contributed by atoms with Crippen molar-refractivity contribution in [1.82, 2.24) is 4.98 Å². The molecule has 1 aliphatic heterocycles. The van der Waals surface area contributed by atoms with Gasteiger partial charge in [0.15, 0.2) is 5.13 Å². The number of hydrogen-bond acceptors (Lipinski definition) is 4. The van der Waals surface area contributed by atoms with Gasteiger partial charge in [0.2, 0.25) is 0 Å². The predicted molar refractivity (Wildman–Crippen MR) is 110 cm³/mol. The Morgan fingerprint density at radius 2 is 2.00 bits per heavy atom. The van der Waals surface area contributed by atoms with Crippen molar-refractivity contribution in [2.24, 2.45) is 0 Å². The zero-order valence-electron chi connectivity index (χ0n) is 14.6. The van der Waals surface area contributed by atoms with E-state index in [9.17, 15) is 4.79 Å². The van der Waals surface area contributed by atoms with Crippen LogP contribution in [0.3, 0.4) is 0 Å². The molecule has 0 atom stereocenters. The molecule has 1 N–H and O–H groups in total. The first-order valence-electron chi connectivity index (χ1n) is 8.84. The molecule has 0 aliphatic carbocycles. The second-order valence-electron chi connectivity index (χ2n) is 6.59. The van der Waals surface area contributed by atoms with Crippen molar-refractivity contribution < 1.29 is 4.79 Å². The van der Waals surface area contributed by atoms with Crippen LogP contribution in [0.2, 0.25) is 5.02 Å². The number of anilines is 2. The number of carbonyl (C=O) groups is 1. The number of fused-ring (bicyclic) bond motifs is 1. The second-order valence-corrected chi connectivity index (χ2v) is 8.01. The van der Waals surface area contributed by atoms with Crippen molar-refractivity contribution in [2.75, 3.05) is 23.3 Å². The molecule has 0 bridgehead atoms. The van der Waals surface area contributed by atoms with Gasteiger partial charge in [0, 0.05) is 29.4 Å². The van der Waals surface area contributed by atoms with Gasteiger partial charge in [-0.2, -0.15) is 0 Å². The van der Waals surface area contributed by atoms with E-state index in [1.54, 1.807) is 11.3 Å². The first-order valence-corrected chi connectivity index (χ1v) is 10.0. The molecule has 0 saturated carbocycles. The van der Waals surface area contributed by atoms with Crippen molar-refractivity contribution in [3.63, 3.8) is 0 Å². The lowest BCUT2D eigenvalue weighted by atomic mass is 10.1. The molecule has 1 aromatic heterocycles. The maximum absolute atomic E-state index is 12.6. The lowest BCUT2D eigenvalue weighted by Crippen LogP contribution is -2.29. The lowest BCUT2D eigenvalue weighted by molar-refractivity contribution is 0.102. The molecule has 3 aromatic rings. The summed E-state index contributed by atoms with van der Waals surface area (Å²) in [4.78, 5) is 19.7. The number of piperidine rings is 1. The number of halogens is 1. The molecule has 6 heteroatoms. The quantitative estimate of drug-likeness (QED) is 0.647. The van der Waals surface area contributed by atoms with E-state index in [0.717, 1.165) is 39.7 Å². The van der Waals surface area contributed by atoms with Gasteiger partial charge in [0.25, 0.3) is 5.91 Å². The largest absolute Gasteiger partial charge is 0.348 e. The second kappa shape index (κ2) is 7.25. The zero-order valence-corrected chi connectivity index (χ0v) is 16.2. The molecule has 1 aliphatic rings. The van der Waals surface area contributed by atoms with E-state index in [4.69, 9.17) is 16.6 Å². The molecular formula is C20H20ClN3OS. The molecule has 0 spiro atoms. The zero-order chi connectivity index (χ0) is 18.1. The number of benzene rings is 2. The van der Waals surface area contributed by atoms with E-state index in [2.05, 4.69) is 10.2 Å². The maximum Gasteiger partial charge on any atom is 0.255 e. The van der Waals surface area contributed by atoms with Crippen LogP contribution in [-0.4, -0.2) is 24.0 Å². The van der Waals surface area contributed by atoms with Gasteiger partial charge < -0.3 is 10.2 Å². The molecule has 1 fully saturated rings. The Hall–Kier alpha value is -2.11. The van der Waals surface area contributed by atoms with Crippen molar-refractivity contribution >= 4 is 49.9 Å². The van der Waals surface area contributed by atoms with Gasteiger partial charge in [-0.3, -0.25) is 4.79 Å². The van der Waals surface area contributed by atoms with Crippen LogP contribution in [0.25, 0.3) is 10.2 Å². The molecule has 0 unspecified atom stereocenters. The smallest absolute Gasteiger partial charge is 0.255 e. The van der Waals surface area contributed by atoms with Crippen LogP contribution in [0, 0.1) is 6.92 Å². The fraction of sp³-hybridized carbons (Fsp3) is 0.300. The Kier molecular flexibility index (Phi) is 4.83. The van der Waals surface area contributed by atoms with Crippen LogP contribution in [0.5, 0.6) is 0 Å². The summed E-state index contributed by atoms with van der Waals surface area (Å²) in [6.45, 7) is 4.04. The van der Waals surface area contributed by atoms with Gasteiger partial charge >= 0.3 is 0 Å². The SMILES string of the molecule is Cc1c(Cl)cccc1NC(=O)c1ccc2nc(N3CCCCC3)sc2c1. The van der Waals surface area contributed by atoms with Gasteiger partial charge in [-0.05, 0) is 62.1 Å². The van der Waals surface area contributed by atoms with Gasteiger partial charge in [-0.25, -0.2) is 4.98 Å². The Morgan fingerprint density at radius 1 is 1.19 bits per heavy atom. The average molecular weight is 386 g/mol. The van der Waals surface area contributed by atoms with Crippen molar-refractivity contribution in [2.45, 2.75) is 26.2 Å². The van der Waals surface area contributed by atoms with E-state index < -0.39 is 0 Å². The summed E-state index contributed by atoms with van der Waals surface area (Å²) in [7, 11) is 0. The highest BCUT2D eigenvalue weighted by Crippen LogP contribution is 2.31. The van der Waals surface area contributed by atoms with Crippen molar-refractivity contribution in [1.29, 1.82) is 0 Å². The summed E-state index contributed by atoms with van der Waals surface area (Å²) in [5.41, 5.74) is 3.19. The summed E-state index contributed by atoms with van der Waals surface area (Å²) >= 11 is 7.80. The number of aromatic nitrogens is 1. The number of hydrogen-bond donors (Lipinski definition) is 1. The van der Waals surface area contributed by atoms with E-state index in [1.807, 2.05) is 43.3 Å². The maximum atomic E-state index is 12.6. The Bertz CT molecular complexity index is 963.